The first-order chi connectivity index (χ1) is 26.2. The Morgan fingerprint density at radius 3 is 1.75 bits per heavy atom. The number of benzene rings is 2. The molecule has 0 amide bonds. The summed E-state index contributed by atoms with van der Waals surface area (Å²) in [7, 11) is -0.624. The number of ether oxygens (including phenoxy) is 2. The number of rotatable bonds is 11. The van der Waals surface area contributed by atoms with E-state index in [1.54, 1.807) is 98.2 Å². The van der Waals surface area contributed by atoms with Crippen molar-refractivity contribution in [1.82, 2.24) is 29.5 Å². The number of fused-ring (bicyclic) bond motifs is 2. The number of para-hydroxylation sites is 2. The molecule has 4 heterocycles. The van der Waals surface area contributed by atoms with Crippen LogP contribution in [0.25, 0.3) is 21.8 Å². The van der Waals surface area contributed by atoms with Crippen LogP contribution in [-0.2, 0) is 55.5 Å². The molecule has 0 saturated heterocycles. The smallest absolute Gasteiger partial charge is 0.339 e. The molecule has 1 N–H and O–H groups in total. The van der Waals surface area contributed by atoms with E-state index in [9.17, 15) is 26.4 Å². The molecule has 4 aromatic heterocycles. The van der Waals surface area contributed by atoms with Crippen molar-refractivity contribution in [3.05, 3.63) is 108 Å². The minimum Gasteiger partial charge on any atom is -0.465 e. The van der Waals surface area contributed by atoms with Gasteiger partial charge in [-0.3, -0.25) is 28.4 Å². The number of pyridine rings is 2. The molecule has 0 bridgehead atoms. The summed E-state index contributed by atoms with van der Waals surface area (Å²) in [5, 5.41) is 10.8. The molecule has 0 spiro atoms. The topological polar surface area (TPSA) is 198 Å². The van der Waals surface area contributed by atoms with Crippen molar-refractivity contribution in [3.63, 3.8) is 0 Å². The predicted octanol–water partition coefficient (Wildman–Crippen LogP) is 5.21. The van der Waals surface area contributed by atoms with Gasteiger partial charge in [0.1, 0.15) is 0 Å². The molecule has 292 valence electrons. The standard InChI is InChI=1S/C18H20N4O4S.C10H13N3O2S.C8H8BrNO2/c1-4-27(24,25)22(12-15-9-8-14(10-19-15)18(23)26-3)16-7-5-6-13-11-20-21(2)17(13)16;1-3-16(14,15)12-9-6-4-5-8-7-11-13(2)10(8)9;1-12-8(11)6-2-3-7(4-9)10-5-6/h5-11H,4,12H2,1-3H3;4-7,12H,3H2,1-2H3;2-3,5H,4H2,1H3. The number of hydrogen-bond acceptors (Lipinski definition) is 12. The monoisotopic (exact) mass is 856 g/mol. The van der Waals surface area contributed by atoms with E-state index < -0.39 is 26.0 Å². The molecule has 0 aliphatic rings. The summed E-state index contributed by atoms with van der Waals surface area (Å²) in [6.45, 7) is 3.24. The quantitative estimate of drug-likeness (QED) is 0.132. The molecule has 16 nitrogen and oxygen atoms in total. The number of aryl methyl sites for hydroxylation is 2. The molecule has 0 radical (unpaired) electrons. The van der Waals surface area contributed by atoms with E-state index >= 15 is 0 Å². The second-order valence-corrected chi connectivity index (χ2v) is 16.4. The number of esters is 2. The molecule has 6 rings (SSSR count). The number of halogens is 1. The van der Waals surface area contributed by atoms with Gasteiger partial charge in [-0.05, 0) is 50.2 Å². The lowest BCUT2D eigenvalue weighted by molar-refractivity contribution is 0.0591. The number of anilines is 2. The van der Waals surface area contributed by atoms with E-state index in [0.29, 0.717) is 33.5 Å². The Morgan fingerprint density at radius 2 is 1.25 bits per heavy atom. The highest BCUT2D eigenvalue weighted by molar-refractivity contribution is 9.08. The molecule has 0 aliphatic carbocycles. The van der Waals surface area contributed by atoms with E-state index in [1.807, 2.05) is 12.1 Å². The van der Waals surface area contributed by atoms with Crippen LogP contribution in [0.2, 0.25) is 0 Å². The minimum absolute atomic E-state index is 0.0436. The van der Waals surface area contributed by atoms with Gasteiger partial charge in [0, 0.05) is 42.6 Å². The third-order valence-electron chi connectivity index (χ3n) is 8.05. The highest BCUT2D eigenvalue weighted by Crippen LogP contribution is 2.30. The van der Waals surface area contributed by atoms with Gasteiger partial charge in [-0.1, -0.05) is 40.2 Å². The van der Waals surface area contributed by atoms with E-state index in [4.69, 9.17) is 0 Å². The maximum Gasteiger partial charge on any atom is 0.339 e. The lowest BCUT2D eigenvalue weighted by Gasteiger charge is -2.24. The van der Waals surface area contributed by atoms with Gasteiger partial charge in [0.05, 0.1) is 89.6 Å². The van der Waals surface area contributed by atoms with Crippen molar-refractivity contribution in [2.75, 3.05) is 34.8 Å². The van der Waals surface area contributed by atoms with Crippen molar-refractivity contribution >= 4 is 81.1 Å². The molecule has 55 heavy (non-hydrogen) atoms. The maximum absolute atomic E-state index is 12.8. The Balaban J connectivity index is 0.000000203. The fourth-order valence-corrected chi connectivity index (χ4v) is 7.17. The van der Waals surface area contributed by atoms with Crippen LogP contribution in [0.15, 0.2) is 85.5 Å². The molecular formula is C36H41BrN8O8S2. The third-order valence-corrected chi connectivity index (χ3v) is 11.6. The van der Waals surface area contributed by atoms with Gasteiger partial charge in [0.15, 0.2) is 0 Å². The zero-order valence-electron chi connectivity index (χ0n) is 31.0. The maximum atomic E-state index is 12.8. The van der Waals surface area contributed by atoms with E-state index in [1.165, 1.54) is 30.9 Å². The van der Waals surface area contributed by atoms with E-state index in [2.05, 4.69) is 50.3 Å². The average molecular weight is 858 g/mol. The van der Waals surface area contributed by atoms with E-state index in [0.717, 1.165) is 27.5 Å². The van der Waals surface area contributed by atoms with Gasteiger partial charge in [-0.15, -0.1) is 0 Å². The van der Waals surface area contributed by atoms with Crippen molar-refractivity contribution in [1.29, 1.82) is 0 Å². The van der Waals surface area contributed by atoms with Gasteiger partial charge in [-0.25, -0.2) is 26.4 Å². The van der Waals surface area contributed by atoms with Crippen molar-refractivity contribution < 1.29 is 35.9 Å². The molecule has 2 aromatic carbocycles. The van der Waals surface area contributed by atoms with Crippen LogP contribution < -0.4 is 9.03 Å². The number of nitrogens with zero attached hydrogens (tertiary/aromatic N) is 7. The van der Waals surface area contributed by atoms with Gasteiger partial charge in [0.2, 0.25) is 20.0 Å². The molecule has 0 aliphatic heterocycles. The highest BCUT2D eigenvalue weighted by Gasteiger charge is 2.25. The summed E-state index contributed by atoms with van der Waals surface area (Å²) < 4.78 is 65.0. The molecule has 6 aromatic rings. The SMILES string of the molecule is CCS(=O)(=O)N(Cc1ccc(C(=O)OC)cn1)c1cccc2cnn(C)c12.CCS(=O)(=O)Nc1cccc2cnn(C)c12.COC(=O)c1ccc(CBr)nc1. The van der Waals surface area contributed by atoms with Gasteiger partial charge < -0.3 is 9.47 Å². The number of carbonyl (C=O) groups is 2. The van der Waals surface area contributed by atoms with Crippen molar-refractivity contribution in [2.45, 2.75) is 25.7 Å². The second kappa shape index (κ2) is 18.8. The zero-order chi connectivity index (χ0) is 40.3. The summed E-state index contributed by atoms with van der Waals surface area (Å²) in [4.78, 5) is 30.7. The molecular weight excluding hydrogens is 816 g/mol. The first-order valence-corrected chi connectivity index (χ1v) is 21.0. The Bertz CT molecular complexity index is 2470. The van der Waals surface area contributed by atoms with Crippen LogP contribution >= 0.6 is 15.9 Å². The fourth-order valence-electron chi connectivity index (χ4n) is 5.10. The van der Waals surface area contributed by atoms with Gasteiger partial charge >= 0.3 is 11.9 Å². The second-order valence-electron chi connectivity index (χ2n) is 11.6. The number of nitrogens with one attached hydrogen (secondary N) is 1. The largest absolute Gasteiger partial charge is 0.465 e. The Hall–Kier alpha value is -5.40. The van der Waals surface area contributed by atoms with Gasteiger partial charge in [-0.2, -0.15) is 10.2 Å². The lowest BCUT2D eigenvalue weighted by Crippen LogP contribution is -2.32. The van der Waals surface area contributed by atoms with Crippen molar-refractivity contribution in [3.8, 4) is 0 Å². The lowest BCUT2D eigenvalue weighted by atomic mass is 10.2. The van der Waals surface area contributed by atoms with Crippen LogP contribution in [0.4, 0.5) is 11.4 Å². The number of carbonyl (C=O) groups excluding carboxylic acids is 2. The first-order valence-electron chi connectivity index (χ1n) is 16.6. The normalized spacial score (nSPS) is 11.2. The number of hydrogen-bond donors (Lipinski definition) is 1. The van der Waals surface area contributed by atoms with Crippen LogP contribution in [0.3, 0.4) is 0 Å². The van der Waals surface area contributed by atoms with Crippen LogP contribution in [0.5, 0.6) is 0 Å². The number of aromatic nitrogens is 6. The summed E-state index contributed by atoms with van der Waals surface area (Å²) in [5.41, 5.74) is 4.80. The summed E-state index contributed by atoms with van der Waals surface area (Å²) in [5.74, 6) is -0.849. The average Bonchev–Trinajstić information content (AvgIpc) is 3.79. The molecule has 0 fully saturated rings. The van der Waals surface area contributed by atoms with Crippen LogP contribution in [-0.4, -0.2) is 84.0 Å². The van der Waals surface area contributed by atoms with Crippen molar-refractivity contribution in [2.24, 2.45) is 14.1 Å². The Morgan fingerprint density at radius 1 is 0.727 bits per heavy atom. The van der Waals surface area contributed by atoms with E-state index in [-0.39, 0.29) is 24.0 Å². The van der Waals surface area contributed by atoms with Crippen LogP contribution in [0.1, 0.15) is 46.0 Å². The third kappa shape index (κ3) is 10.6. The van der Waals surface area contributed by atoms with Crippen LogP contribution in [0, 0.1) is 0 Å². The number of alkyl halides is 1. The highest BCUT2D eigenvalue weighted by atomic mass is 79.9. The minimum atomic E-state index is -3.57. The van der Waals surface area contributed by atoms with Gasteiger partial charge in [0.25, 0.3) is 0 Å². The Labute approximate surface area is 327 Å². The zero-order valence-corrected chi connectivity index (χ0v) is 34.2. The summed E-state index contributed by atoms with van der Waals surface area (Å²) in [6.07, 6.45) is 6.28. The molecule has 0 unspecified atom stereocenters. The molecule has 0 saturated carbocycles. The number of methoxy groups -OCH3 is 2. The molecule has 0 atom stereocenters. The number of sulfonamides is 2. The Kier molecular flexibility index (Phi) is 14.4. The summed E-state index contributed by atoms with van der Waals surface area (Å²) >= 11 is 3.26. The first kappa shape index (κ1) is 42.3. The summed E-state index contributed by atoms with van der Waals surface area (Å²) in [6, 6.07) is 17.5. The predicted molar refractivity (Wildman–Crippen MR) is 214 cm³/mol. The fraction of sp³-hybridized carbons (Fsp3) is 0.278. The molecule has 19 heteroatoms.